The van der Waals surface area contributed by atoms with E-state index in [1.54, 1.807) is 0 Å². The first-order valence-electron chi connectivity index (χ1n) is 6.42. The van der Waals surface area contributed by atoms with Gasteiger partial charge in [0, 0.05) is 5.69 Å². The molecule has 2 aromatic carbocycles. The molecule has 104 valence electrons. The minimum atomic E-state index is -0.326. The highest BCUT2D eigenvalue weighted by atomic mass is 16.1. The van der Waals surface area contributed by atoms with Crippen LogP contribution in [0.4, 0.5) is 22.9 Å². The van der Waals surface area contributed by atoms with Gasteiger partial charge in [-0.25, -0.2) is 0 Å². The number of nitrogens with zero attached hydrogens (tertiary/aromatic N) is 2. The predicted molar refractivity (Wildman–Crippen MR) is 81.8 cm³/mol. The zero-order chi connectivity index (χ0) is 14.5. The molecular formula is C15H13N5O. The summed E-state index contributed by atoms with van der Waals surface area (Å²) in [6.07, 6.45) is 0. The number of rotatable bonds is 4. The van der Waals surface area contributed by atoms with Gasteiger partial charge < -0.3 is 5.32 Å². The maximum atomic E-state index is 11.8. The van der Waals surface area contributed by atoms with Crippen molar-refractivity contribution in [2.45, 2.75) is 0 Å². The molecule has 0 saturated carbocycles. The first-order chi connectivity index (χ1) is 10.3. The summed E-state index contributed by atoms with van der Waals surface area (Å²) in [5.74, 6) is 0.478. The summed E-state index contributed by atoms with van der Waals surface area (Å²) in [5.41, 5.74) is 1.42. The molecular weight excluding hydrogens is 266 g/mol. The highest BCUT2D eigenvalue weighted by molar-refractivity contribution is 5.67. The average Bonchev–Trinajstić information content (AvgIpc) is 2.87. The van der Waals surface area contributed by atoms with Crippen molar-refractivity contribution in [3.8, 4) is 0 Å². The highest BCUT2D eigenvalue weighted by Gasteiger charge is 2.09. The number of benzene rings is 2. The molecule has 3 rings (SSSR count). The molecule has 3 N–H and O–H groups in total. The van der Waals surface area contributed by atoms with Gasteiger partial charge in [0.25, 0.3) is 5.56 Å². The molecule has 6 nitrogen and oxygen atoms in total. The van der Waals surface area contributed by atoms with Crippen molar-refractivity contribution in [3.63, 3.8) is 0 Å². The second kappa shape index (κ2) is 5.87. The summed E-state index contributed by atoms with van der Waals surface area (Å²) in [6.45, 7) is 0. The van der Waals surface area contributed by atoms with E-state index < -0.39 is 0 Å². The molecule has 3 aromatic rings. The van der Waals surface area contributed by atoms with E-state index in [-0.39, 0.29) is 11.2 Å². The van der Waals surface area contributed by atoms with Crippen molar-refractivity contribution in [3.05, 3.63) is 71.0 Å². The number of H-pyrrole nitrogens is 2. The van der Waals surface area contributed by atoms with Gasteiger partial charge in [0.2, 0.25) is 0 Å². The van der Waals surface area contributed by atoms with Crippen LogP contribution in [-0.4, -0.2) is 10.2 Å². The smallest absolute Gasteiger partial charge is 0.294 e. The van der Waals surface area contributed by atoms with Crippen molar-refractivity contribution in [1.29, 1.82) is 0 Å². The molecule has 0 atom stereocenters. The van der Waals surface area contributed by atoms with Gasteiger partial charge >= 0.3 is 0 Å². The van der Waals surface area contributed by atoms with Crippen LogP contribution < -0.4 is 10.9 Å². The molecule has 21 heavy (non-hydrogen) atoms. The molecule has 1 heterocycles. The predicted octanol–water partition coefficient (Wildman–Crippen LogP) is 3.86. The van der Waals surface area contributed by atoms with Gasteiger partial charge in [0.15, 0.2) is 11.5 Å². The largest absolute Gasteiger partial charge is 0.339 e. The van der Waals surface area contributed by atoms with E-state index in [4.69, 9.17) is 0 Å². The Hall–Kier alpha value is -3.15. The Bertz CT molecular complexity index is 790. The molecule has 0 amide bonds. The lowest BCUT2D eigenvalue weighted by molar-refractivity contribution is 1.06. The van der Waals surface area contributed by atoms with E-state index in [2.05, 4.69) is 25.7 Å². The Kier molecular flexibility index (Phi) is 3.60. The van der Waals surface area contributed by atoms with Gasteiger partial charge in [-0.2, -0.15) is 5.11 Å². The number of hydrogen-bond donors (Lipinski definition) is 3. The van der Waals surface area contributed by atoms with E-state index >= 15 is 0 Å². The number of para-hydroxylation sites is 1. The topological polar surface area (TPSA) is 85.4 Å². The van der Waals surface area contributed by atoms with Gasteiger partial charge in [0.05, 0.1) is 5.69 Å². The third-order valence-electron chi connectivity index (χ3n) is 2.82. The van der Waals surface area contributed by atoms with Gasteiger partial charge in [-0.15, -0.1) is 5.11 Å². The van der Waals surface area contributed by atoms with Crippen LogP contribution in [0, 0.1) is 0 Å². The lowest BCUT2D eigenvalue weighted by Crippen LogP contribution is -1.97. The van der Waals surface area contributed by atoms with Crippen LogP contribution in [0.15, 0.2) is 75.7 Å². The van der Waals surface area contributed by atoms with Gasteiger partial charge in [-0.3, -0.25) is 15.0 Å². The summed E-state index contributed by atoms with van der Waals surface area (Å²) in [7, 11) is 0. The first-order valence-corrected chi connectivity index (χ1v) is 6.42. The molecule has 0 aliphatic rings. The molecule has 0 aliphatic carbocycles. The van der Waals surface area contributed by atoms with Crippen molar-refractivity contribution >= 4 is 22.9 Å². The maximum absolute atomic E-state index is 11.8. The van der Waals surface area contributed by atoms with E-state index in [0.29, 0.717) is 11.5 Å². The zero-order valence-corrected chi connectivity index (χ0v) is 11.1. The van der Waals surface area contributed by atoms with Crippen LogP contribution in [0.1, 0.15) is 0 Å². The van der Waals surface area contributed by atoms with Crippen LogP contribution in [0.25, 0.3) is 0 Å². The number of aromatic amines is 2. The van der Waals surface area contributed by atoms with E-state index in [1.165, 1.54) is 0 Å². The highest BCUT2D eigenvalue weighted by Crippen LogP contribution is 2.23. The monoisotopic (exact) mass is 279 g/mol. The normalized spacial score (nSPS) is 10.9. The summed E-state index contributed by atoms with van der Waals surface area (Å²) in [4.78, 5) is 11.8. The van der Waals surface area contributed by atoms with E-state index in [0.717, 1.165) is 5.69 Å². The fourth-order valence-corrected chi connectivity index (χ4v) is 1.81. The number of anilines is 2. The fourth-order valence-electron chi connectivity index (χ4n) is 1.81. The van der Waals surface area contributed by atoms with Crippen molar-refractivity contribution in [1.82, 2.24) is 10.2 Å². The SMILES string of the molecule is O=c1[nH][nH]c(Nc2ccccc2)c1N=Nc1ccccc1. The summed E-state index contributed by atoms with van der Waals surface area (Å²) >= 11 is 0. The van der Waals surface area contributed by atoms with Crippen LogP contribution >= 0.6 is 0 Å². The van der Waals surface area contributed by atoms with Crippen molar-refractivity contribution < 1.29 is 0 Å². The lowest BCUT2D eigenvalue weighted by Gasteiger charge is -2.03. The Morgan fingerprint density at radius 1 is 0.810 bits per heavy atom. The summed E-state index contributed by atoms with van der Waals surface area (Å²) in [6, 6.07) is 18.7. The van der Waals surface area contributed by atoms with Crippen LogP contribution in [0.2, 0.25) is 0 Å². The summed E-state index contributed by atoms with van der Waals surface area (Å²) < 4.78 is 0. The Morgan fingerprint density at radius 3 is 2.19 bits per heavy atom. The molecule has 0 saturated heterocycles. The van der Waals surface area contributed by atoms with Crippen molar-refractivity contribution in [2.24, 2.45) is 10.2 Å². The van der Waals surface area contributed by atoms with Gasteiger partial charge in [-0.05, 0) is 24.3 Å². The first kappa shape index (κ1) is 12.9. The molecule has 0 radical (unpaired) electrons. The molecule has 0 spiro atoms. The number of nitrogens with one attached hydrogen (secondary N) is 3. The fraction of sp³-hybridized carbons (Fsp3) is 0. The van der Waals surface area contributed by atoms with Gasteiger partial charge in [0.1, 0.15) is 0 Å². The second-order valence-electron chi connectivity index (χ2n) is 4.33. The molecule has 0 unspecified atom stereocenters. The quantitative estimate of drug-likeness (QED) is 0.633. The second-order valence-corrected chi connectivity index (χ2v) is 4.33. The number of azo groups is 1. The Balaban J connectivity index is 1.87. The molecule has 1 aromatic heterocycles. The van der Waals surface area contributed by atoms with Crippen molar-refractivity contribution in [2.75, 3.05) is 5.32 Å². The van der Waals surface area contributed by atoms with Crippen LogP contribution in [-0.2, 0) is 0 Å². The minimum Gasteiger partial charge on any atom is -0.339 e. The van der Waals surface area contributed by atoms with Gasteiger partial charge in [-0.1, -0.05) is 36.4 Å². The molecule has 0 fully saturated rings. The third kappa shape index (κ3) is 3.06. The number of hydrogen-bond acceptors (Lipinski definition) is 4. The minimum absolute atomic E-state index is 0.211. The molecule has 6 heteroatoms. The Labute approximate surface area is 120 Å². The van der Waals surface area contributed by atoms with Crippen LogP contribution in [0.3, 0.4) is 0 Å². The molecule has 0 bridgehead atoms. The van der Waals surface area contributed by atoms with E-state index in [9.17, 15) is 4.79 Å². The van der Waals surface area contributed by atoms with E-state index in [1.807, 2.05) is 60.7 Å². The lowest BCUT2D eigenvalue weighted by atomic mass is 10.3. The summed E-state index contributed by atoms with van der Waals surface area (Å²) in [5, 5.41) is 16.4. The number of aromatic nitrogens is 2. The molecule has 0 aliphatic heterocycles. The third-order valence-corrected chi connectivity index (χ3v) is 2.82. The average molecular weight is 279 g/mol. The Morgan fingerprint density at radius 2 is 1.48 bits per heavy atom. The maximum Gasteiger partial charge on any atom is 0.294 e. The standard InChI is InChI=1S/C15H13N5O/c21-15-13(18-17-12-9-5-2-6-10-12)14(19-20-15)16-11-7-3-1-4-8-11/h1-10H,(H3,16,19,20,21). The van der Waals surface area contributed by atoms with Crippen LogP contribution in [0.5, 0.6) is 0 Å². The zero-order valence-electron chi connectivity index (χ0n) is 11.1.